The lowest BCUT2D eigenvalue weighted by Gasteiger charge is -2.22. The minimum absolute atomic E-state index is 0. The van der Waals surface area contributed by atoms with Crippen molar-refractivity contribution in [1.29, 1.82) is 0 Å². The molecule has 2 heterocycles. The van der Waals surface area contributed by atoms with Crippen LogP contribution in [-0.4, -0.2) is 34.0 Å². The average Bonchev–Trinajstić information content (AvgIpc) is 3.21. The Morgan fingerprint density at radius 2 is 1.97 bits per heavy atom. The van der Waals surface area contributed by atoms with Crippen molar-refractivity contribution < 1.29 is 9.53 Å². The largest absolute Gasteiger partial charge is 0.455 e. The van der Waals surface area contributed by atoms with Crippen molar-refractivity contribution in [3.05, 3.63) is 66.0 Å². The molecule has 0 unspecified atom stereocenters. The molecular weight excluding hydrogens is 390 g/mol. The molecule has 1 aliphatic heterocycles. The van der Waals surface area contributed by atoms with Gasteiger partial charge in [-0.3, -0.25) is 4.79 Å². The van der Waals surface area contributed by atoms with Crippen LogP contribution in [0.2, 0.25) is 0 Å². The molecule has 152 valence electrons. The summed E-state index contributed by atoms with van der Waals surface area (Å²) in [7, 11) is 0. The van der Waals surface area contributed by atoms with Gasteiger partial charge in [0.05, 0.1) is 17.9 Å². The predicted molar refractivity (Wildman–Crippen MR) is 114 cm³/mol. The second kappa shape index (κ2) is 9.54. The number of para-hydroxylation sites is 2. The van der Waals surface area contributed by atoms with E-state index in [4.69, 9.17) is 4.74 Å². The number of ether oxygens (including phenoxy) is 1. The molecule has 2 aromatic carbocycles. The molecule has 8 heteroatoms. The zero-order valence-corrected chi connectivity index (χ0v) is 17.0. The number of amides is 1. The van der Waals surface area contributed by atoms with Gasteiger partial charge in [0, 0.05) is 0 Å². The molecule has 2 N–H and O–H groups in total. The molecule has 1 amide bonds. The third kappa shape index (κ3) is 5.13. The Labute approximate surface area is 175 Å². The van der Waals surface area contributed by atoms with Gasteiger partial charge in [-0.1, -0.05) is 29.5 Å². The molecule has 7 nitrogen and oxygen atoms in total. The van der Waals surface area contributed by atoms with Crippen LogP contribution in [0.15, 0.2) is 54.7 Å². The van der Waals surface area contributed by atoms with Crippen LogP contribution in [-0.2, 0) is 0 Å². The highest BCUT2D eigenvalue weighted by Gasteiger charge is 2.19. The van der Waals surface area contributed by atoms with Gasteiger partial charge in [-0.15, -0.1) is 17.5 Å². The van der Waals surface area contributed by atoms with Crippen molar-refractivity contribution in [3.63, 3.8) is 0 Å². The van der Waals surface area contributed by atoms with Crippen molar-refractivity contribution in [2.45, 2.75) is 25.8 Å². The SMILES string of the molecule is Cc1cccc(Oc2ccccc2NC(=O)c2cn(C3CCNCC3)nn2)c1.Cl. The summed E-state index contributed by atoms with van der Waals surface area (Å²) in [5, 5.41) is 14.4. The van der Waals surface area contributed by atoms with Crippen LogP contribution >= 0.6 is 12.4 Å². The van der Waals surface area contributed by atoms with E-state index in [0.717, 1.165) is 37.2 Å². The summed E-state index contributed by atoms with van der Waals surface area (Å²) in [6.45, 7) is 3.91. The van der Waals surface area contributed by atoms with Gasteiger partial charge >= 0.3 is 0 Å². The number of carbonyl (C=O) groups excluding carboxylic acids is 1. The molecule has 0 bridgehead atoms. The summed E-state index contributed by atoms with van der Waals surface area (Å²) in [6.07, 6.45) is 3.69. The minimum atomic E-state index is -0.305. The second-order valence-electron chi connectivity index (χ2n) is 6.93. The van der Waals surface area contributed by atoms with Gasteiger partial charge in [-0.25, -0.2) is 4.68 Å². The molecule has 1 aliphatic rings. The molecule has 3 aromatic rings. The lowest BCUT2D eigenvalue weighted by atomic mass is 10.1. The lowest BCUT2D eigenvalue weighted by Crippen LogP contribution is -2.29. The maximum absolute atomic E-state index is 12.7. The molecule has 1 fully saturated rings. The summed E-state index contributed by atoms with van der Waals surface area (Å²) < 4.78 is 7.76. The number of halogens is 1. The summed E-state index contributed by atoms with van der Waals surface area (Å²) in [6, 6.07) is 15.4. The van der Waals surface area contributed by atoms with Crippen molar-refractivity contribution in [1.82, 2.24) is 20.3 Å². The summed E-state index contributed by atoms with van der Waals surface area (Å²) >= 11 is 0. The Morgan fingerprint density at radius 1 is 1.17 bits per heavy atom. The first kappa shape index (κ1) is 20.8. The van der Waals surface area contributed by atoms with E-state index in [-0.39, 0.29) is 24.4 Å². The molecule has 0 saturated carbocycles. The highest BCUT2D eigenvalue weighted by molar-refractivity contribution is 6.03. The Hall–Kier alpha value is -2.90. The molecular formula is C21H24ClN5O2. The Balaban J connectivity index is 0.00000240. The quantitative estimate of drug-likeness (QED) is 0.661. The van der Waals surface area contributed by atoms with Crippen molar-refractivity contribution in [3.8, 4) is 11.5 Å². The standard InChI is InChI=1S/C21H23N5O2.ClH/c1-15-5-4-6-17(13-15)28-20-8-3-2-7-18(20)23-21(27)19-14-26(25-24-19)16-9-11-22-12-10-16;/h2-8,13-14,16,22H,9-12H2,1H3,(H,23,27);1H. The van der Waals surface area contributed by atoms with E-state index in [1.54, 1.807) is 16.9 Å². The topological polar surface area (TPSA) is 81.1 Å². The van der Waals surface area contributed by atoms with E-state index in [1.165, 1.54) is 0 Å². The number of hydrogen-bond acceptors (Lipinski definition) is 5. The normalized spacial score (nSPS) is 14.1. The molecule has 29 heavy (non-hydrogen) atoms. The Bertz CT molecular complexity index is 969. The average molecular weight is 414 g/mol. The van der Waals surface area contributed by atoms with E-state index in [2.05, 4.69) is 20.9 Å². The highest BCUT2D eigenvalue weighted by atomic mass is 35.5. The van der Waals surface area contributed by atoms with Gasteiger partial charge < -0.3 is 15.4 Å². The Kier molecular flexibility index (Phi) is 6.85. The van der Waals surface area contributed by atoms with Crippen molar-refractivity contribution in [2.24, 2.45) is 0 Å². The highest BCUT2D eigenvalue weighted by Crippen LogP contribution is 2.30. The minimum Gasteiger partial charge on any atom is -0.455 e. The number of nitrogens with one attached hydrogen (secondary N) is 2. The van der Waals surface area contributed by atoms with Crippen LogP contribution in [0.4, 0.5) is 5.69 Å². The number of benzene rings is 2. The smallest absolute Gasteiger partial charge is 0.277 e. The van der Waals surface area contributed by atoms with Gasteiger partial charge in [-0.2, -0.15) is 0 Å². The first-order chi connectivity index (χ1) is 13.7. The monoisotopic (exact) mass is 413 g/mol. The summed E-state index contributed by atoms with van der Waals surface area (Å²) in [5.74, 6) is 0.992. The van der Waals surface area contributed by atoms with Crippen LogP contribution in [0.1, 0.15) is 34.9 Å². The van der Waals surface area contributed by atoms with E-state index >= 15 is 0 Å². The molecule has 4 rings (SSSR count). The first-order valence-electron chi connectivity index (χ1n) is 9.46. The van der Waals surface area contributed by atoms with Gasteiger partial charge in [-0.05, 0) is 62.7 Å². The zero-order valence-electron chi connectivity index (χ0n) is 16.2. The second-order valence-corrected chi connectivity index (χ2v) is 6.93. The number of rotatable bonds is 5. The number of nitrogens with zero attached hydrogens (tertiary/aromatic N) is 3. The fourth-order valence-electron chi connectivity index (χ4n) is 3.28. The summed E-state index contributed by atoms with van der Waals surface area (Å²) in [4.78, 5) is 12.7. The number of anilines is 1. The van der Waals surface area contributed by atoms with Crippen LogP contribution in [0.5, 0.6) is 11.5 Å². The van der Waals surface area contributed by atoms with Crippen LogP contribution in [0, 0.1) is 6.92 Å². The number of hydrogen-bond donors (Lipinski definition) is 2. The van der Waals surface area contributed by atoms with E-state index in [1.807, 2.05) is 49.4 Å². The van der Waals surface area contributed by atoms with Gasteiger partial charge in [0.1, 0.15) is 5.75 Å². The number of piperidine rings is 1. The maximum atomic E-state index is 12.7. The van der Waals surface area contributed by atoms with E-state index < -0.39 is 0 Å². The number of carbonyl (C=O) groups is 1. The fourth-order valence-corrected chi connectivity index (χ4v) is 3.28. The van der Waals surface area contributed by atoms with E-state index in [0.29, 0.717) is 17.1 Å². The predicted octanol–water partition coefficient (Wildman–Crippen LogP) is 3.98. The summed E-state index contributed by atoms with van der Waals surface area (Å²) in [5.41, 5.74) is 1.99. The number of aryl methyl sites for hydroxylation is 1. The molecule has 1 saturated heterocycles. The van der Waals surface area contributed by atoms with Gasteiger partial charge in [0.2, 0.25) is 0 Å². The van der Waals surface area contributed by atoms with Crippen molar-refractivity contribution >= 4 is 24.0 Å². The fraction of sp³-hybridized carbons (Fsp3) is 0.286. The Morgan fingerprint density at radius 3 is 2.76 bits per heavy atom. The third-order valence-electron chi connectivity index (χ3n) is 4.78. The van der Waals surface area contributed by atoms with E-state index in [9.17, 15) is 4.79 Å². The molecule has 0 radical (unpaired) electrons. The first-order valence-corrected chi connectivity index (χ1v) is 9.46. The lowest BCUT2D eigenvalue weighted by molar-refractivity contribution is 0.102. The molecule has 0 spiro atoms. The van der Waals surface area contributed by atoms with Crippen LogP contribution in [0.25, 0.3) is 0 Å². The van der Waals surface area contributed by atoms with Crippen LogP contribution < -0.4 is 15.4 Å². The number of aromatic nitrogens is 3. The van der Waals surface area contributed by atoms with Gasteiger partial charge in [0.25, 0.3) is 5.91 Å². The van der Waals surface area contributed by atoms with Crippen molar-refractivity contribution in [2.75, 3.05) is 18.4 Å². The molecule has 0 aliphatic carbocycles. The molecule has 0 atom stereocenters. The molecule has 1 aromatic heterocycles. The third-order valence-corrected chi connectivity index (χ3v) is 4.78. The van der Waals surface area contributed by atoms with Gasteiger partial charge in [0.15, 0.2) is 11.4 Å². The van der Waals surface area contributed by atoms with Crippen LogP contribution in [0.3, 0.4) is 0 Å². The zero-order chi connectivity index (χ0) is 19.3. The maximum Gasteiger partial charge on any atom is 0.277 e.